The standard InChI is InChI=1S/C28H29F2N3O2/c1-27(29,30)25(34)23-12-13-24-28(31(2)18-19-33(23)24)14-16-32(17-15-28)26(35)22-10-8-21(9-11-22)20-6-4-3-5-7-20/h3-13H,14-19H2,1-2H3. The van der Waals surface area contributed by atoms with Gasteiger partial charge < -0.3 is 9.47 Å². The lowest BCUT2D eigenvalue weighted by atomic mass is 9.81. The molecule has 1 amide bonds. The predicted octanol–water partition coefficient (Wildman–Crippen LogP) is 5.07. The van der Waals surface area contributed by atoms with E-state index < -0.39 is 11.7 Å². The number of halogens is 2. The van der Waals surface area contributed by atoms with Gasteiger partial charge >= 0.3 is 5.92 Å². The van der Waals surface area contributed by atoms with Crippen molar-refractivity contribution in [1.82, 2.24) is 14.4 Å². The number of rotatable bonds is 4. The molecule has 35 heavy (non-hydrogen) atoms. The van der Waals surface area contributed by atoms with Crippen molar-refractivity contribution in [3.63, 3.8) is 0 Å². The third kappa shape index (κ3) is 4.08. The molecular weight excluding hydrogens is 448 g/mol. The fourth-order valence-corrected chi connectivity index (χ4v) is 5.53. The van der Waals surface area contributed by atoms with Crippen LogP contribution in [0.4, 0.5) is 8.78 Å². The fourth-order valence-electron chi connectivity index (χ4n) is 5.53. The highest BCUT2D eigenvalue weighted by atomic mass is 19.3. The first-order chi connectivity index (χ1) is 16.7. The van der Waals surface area contributed by atoms with Gasteiger partial charge in [-0.05, 0) is 55.3 Å². The number of alkyl halides is 2. The molecule has 7 heteroatoms. The number of likely N-dealkylation sites (tertiary alicyclic amines) is 1. The molecule has 0 aliphatic carbocycles. The summed E-state index contributed by atoms with van der Waals surface area (Å²) in [5.74, 6) is -4.55. The monoisotopic (exact) mass is 477 g/mol. The Balaban J connectivity index is 1.33. The molecule has 0 unspecified atom stereocenters. The molecule has 0 saturated carbocycles. The maximum atomic E-state index is 13.8. The van der Waals surface area contributed by atoms with Crippen LogP contribution in [0, 0.1) is 0 Å². The molecule has 3 aromatic rings. The van der Waals surface area contributed by atoms with E-state index in [0.717, 1.165) is 16.8 Å². The number of ketones is 1. The molecule has 2 aliphatic heterocycles. The van der Waals surface area contributed by atoms with Gasteiger partial charge in [0.05, 0.1) is 11.2 Å². The molecule has 0 bridgehead atoms. The maximum Gasteiger partial charge on any atom is 0.308 e. The quantitative estimate of drug-likeness (QED) is 0.493. The van der Waals surface area contributed by atoms with Gasteiger partial charge in [-0.15, -0.1) is 0 Å². The second kappa shape index (κ2) is 8.72. The Hall–Kier alpha value is -3.32. The molecule has 5 rings (SSSR count). The molecule has 5 nitrogen and oxygen atoms in total. The van der Waals surface area contributed by atoms with Crippen LogP contribution in [0.2, 0.25) is 0 Å². The lowest BCUT2D eigenvalue weighted by Crippen LogP contribution is -2.56. The summed E-state index contributed by atoms with van der Waals surface area (Å²) in [6.07, 6.45) is 1.36. The Labute approximate surface area is 204 Å². The summed E-state index contributed by atoms with van der Waals surface area (Å²) in [6.45, 7) is 2.92. The molecule has 0 N–H and O–H groups in total. The topological polar surface area (TPSA) is 45.6 Å². The summed E-state index contributed by atoms with van der Waals surface area (Å²) in [5, 5.41) is 0. The van der Waals surface area contributed by atoms with Crippen molar-refractivity contribution in [2.24, 2.45) is 0 Å². The van der Waals surface area contributed by atoms with Crippen LogP contribution >= 0.6 is 0 Å². The molecule has 0 radical (unpaired) electrons. The number of hydrogen-bond acceptors (Lipinski definition) is 3. The zero-order valence-electron chi connectivity index (χ0n) is 20.0. The van der Waals surface area contributed by atoms with Gasteiger partial charge in [0.1, 0.15) is 0 Å². The van der Waals surface area contributed by atoms with Crippen LogP contribution in [-0.4, -0.2) is 58.7 Å². The number of nitrogens with zero attached hydrogens (tertiary/aromatic N) is 3. The highest BCUT2D eigenvalue weighted by molar-refractivity contribution is 6.00. The fraction of sp³-hybridized carbons (Fsp3) is 0.357. The molecule has 1 fully saturated rings. The van der Waals surface area contributed by atoms with Crippen LogP contribution in [0.3, 0.4) is 0 Å². The number of benzene rings is 2. The Bertz CT molecular complexity index is 1240. The van der Waals surface area contributed by atoms with Crippen LogP contribution in [0.15, 0.2) is 66.7 Å². The number of fused-ring (bicyclic) bond motifs is 2. The largest absolute Gasteiger partial charge is 0.339 e. The molecule has 0 atom stereocenters. The zero-order valence-corrected chi connectivity index (χ0v) is 20.0. The highest BCUT2D eigenvalue weighted by Gasteiger charge is 2.46. The summed E-state index contributed by atoms with van der Waals surface area (Å²) < 4.78 is 29.3. The third-order valence-electron chi connectivity index (χ3n) is 7.60. The number of carbonyl (C=O) groups excluding carboxylic acids is 2. The van der Waals surface area contributed by atoms with Gasteiger partial charge in [0.15, 0.2) is 0 Å². The minimum atomic E-state index is -3.41. The van der Waals surface area contributed by atoms with E-state index in [1.54, 1.807) is 4.57 Å². The normalized spacial score (nSPS) is 17.9. The first-order valence-electron chi connectivity index (χ1n) is 12.0. The van der Waals surface area contributed by atoms with Crippen LogP contribution in [-0.2, 0) is 12.1 Å². The number of aromatic nitrogens is 1. The van der Waals surface area contributed by atoms with E-state index >= 15 is 0 Å². The lowest BCUT2D eigenvalue weighted by molar-refractivity contribution is 0.00976. The molecule has 2 aliphatic rings. The number of likely N-dealkylation sites (N-methyl/N-ethyl adjacent to an activating group) is 1. The lowest BCUT2D eigenvalue weighted by Gasteiger charge is -2.50. The van der Waals surface area contributed by atoms with E-state index in [-0.39, 0.29) is 17.1 Å². The summed E-state index contributed by atoms with van der Waals surface area (Å²) in [6, 6.07) is 21.1. The average Bonchev–Trinajstić information content (AvgIpc) is 3.31. The Morgan fingerprint density at radius 2 is 1.46 bits per heavy atom. The Morgan fingerprint density at radius 1 is 0.829 bits per heavy atom. The molecule has 182 valence electrons. The molecule has 1 saturated heterocycles. The number of Topliss-reactive ketones (excluding diaryl/α,β-unsaturated/α-hetero) is 1. The molecule has 1 aromatic heterocycles. The number of hydrogen-bond donors (Lipinski definition) is 0. The smallest absolute Gasteiger partial charge is 0.308 e. The summed E-state index contributed by atoms with van der Waals surface area (Å²) >= 11 is 0. The van der Waals surface area contributed by atoms with Crippen LogP contribution in [0.1, 0.15) is 46.3 Å². The van der Waals surface area contributed by atoms with Crippen molar-refractivity contribution in [2.45, 2.75) is 37.8 Å². The van der Waals surface area contributed by atoms with E-state index in [9.17, 15) is 18.4 Å². The van der Waals surface area contributed by atoms with Gasteiger partial charge in [-0.1, -0.05) is 42.5 Å². The number of piperidine rings is 1. The number of amides is 1. The van der Waals surface area contributed by atoms with Crippen molar-refractivity contribution >= 4 is 11.7 Å². The van der Waals surface area contributed by atoms with E-state index in [4.69, 9.17) is 0 Å². The summed E-state index contributed by atoms with van der Waals surface area (Å²) in [4.78, 5) is 29.7. The van der Waals surface area contributed by atoms with E-state index in [2.05, 4.69) is 4.90 Å². The van der Waals surface area contributed by atoms with Crippen LogP contribution in [0.25, 0.3) is 11.1 Å². The van der Waals surface area contributed by atoms with Crippen molar-refractivity contribution in [3.8, 4) is 11.1 Å². The van der Waals surface area contributed by atoms with Crippen LogP contribution < -0.4 is 0 Å². The summed E-state index contributed by atoms with van der Waals surface area (Å²) in [5.41, 5.74) is 3.39. The third-order valence-corrected chi connectivity index (χ3v) is 7.60. The second-order valence-corrected chi connectivity index (χ2v) is 9.66. The number of carbonyl (C=O) groups is 2. The van der Waals surface area contributed by atoms with E-state index in [0.29, 0.717) is 51.5 Å². The van der Waals surface area contributed by atoms with Crippen molar-refractivity contribution < 1.29 is 18.4 Å². The minimum absolute atomic E-state index is 0.00482. The Morgan fingerprint density at radius 3 is 2.09 bits per heavy atom. The van der Waals surface area contributed by atoms with Gasteiger partial charge in [0.25, 0.3) is 5.91 Å². The first-order valence-corrected chi connectivity index (χ1v) is 12.0. The van der Waals surface area contributed by atoms with Gasteiger partial charge in [0.2, 0.25) is 5.78 Å². The zero-order chi connectivity index (χ0) is 24.8. The van der Waals surface area contributed by atoms with E-state index in [1.807, 2.05) is 72.6 Å². The van der Waals surface area contributed by atoms with Gasteiger partial charge in [0, 0.05) is 44.4 Å². The first kappa shape index (κ1) is 23.4. The molecule has 3 heterocycles. The van der Waals surface area contributed by atoms with Crippen molar-refractivity contribution in [1.29, 1.82) is 0 Å². The van der Waals surface area contributed by atoms with E-state index in [1.165, 1.54) is 6.07 Å². The predicted molar refractivity (Wildman–Crippen MR) is 131 cm³/mol. The van der Waals surface area contributed by atoms with Crippen molar-refractivity contribution in [2.75, 3.05) is 26.7 Å². The highest BCUT2D eigenvalue weighted by Crippen LogP contribution is 2.42. The minimum Gasteiger partial charge on any atom is -0.339 e. The molecular formula is C28H29F2N3O2. The van der Waals surface area contributed by atoms with Crippen molar-refractivity contribution in [3.05, 3.63) is 83.7 Å². The van der Waals surface area contributed by atoms with Crippen LogP contribution in [0.5, 0.6) is 0 Å². The van der Waals surface area contributed by atoms with Gasteiger partial charge in [-0.3, -0.25) is 14.5 Å². The average molecular weight is 478 g/mol. The summed E-state index contributed by atoms with van der Waals surface area (Å²) in [7, 11) is 2.03. The Kier molecular flexibility index (Phi) is 5.83. The second-order valence-electron chi connectivity index (χ2n) is 9.66. The SMILES string of the molecule is CN1CCn2c(C(=O)C(C)(F)F)ccc2C12CCN(C(=O)c1ccc(-c3ccccc3)cc1)CC2. The maximum absolute atomic E-state index is 13.8. The molecule has 2 aromatic carbocycles. The van der Waals surface area contributed by atoms with Gasteiger partial charge in [-0.2, -0.15) is 8.78 Å². The van der Waals surface area contributed by atoms with Gasteiger partial charge in [-0.25, -0.2) is 0 Å². The molecule has 1 spiro atoms.